The smallest absolute Gasteiger partial charge is 0.349 e. The molecule has 1 aliphatic carbocycles. The van der Waals surface area contributed by atoms with Crippen LogP contribution in [-0.4, -0.2) is 24.0 Å². The Hall–Kier alpha value is -3.04. The zero-order valence-corrected chi connectivity index (χ0v) is 16.8. The summed E-state index contributed by atoms with van der Waals surface area (Å²) in [4.78, 5) is 15.7. The first kappa shape index (κ1) is 20.2. The molecule has 0 bridgehead atoms. The molecule has 9 heteroatoms. The number of nitrogens with one attached hydrogen (secondary N) is 1. The Morgan fingerprint density at radius 2 is 1.80 bits per heavy atom. The molecule has 2 atom stereocenters. The molecule has 4 rings (SSSR count). The van der Waals surface area contributed by atoms with Gasteiger partial charge in [0, 0.05) is 18.3 Å². The molecule has 1 heterocycles. The van der Waals surface area contributed by atoms with E-state index in [0.717, 1.165) is 17.3 Å². The molecule has 1 aromatic heterocycles. The molecule has 2 aromatic carbocycles. The van der Waals surface area contributed by atoms with Crippen molar-refractivity contribution >= 4 is 15.8 Å². The van der Waals surface area contributed by atoms with E-state index in [1.165, 1.54) is 4.57 Å². The van der Waals surface area contributed by atoms with Crippen LogP contribution < -0.4 is 16.1 Å². The zero-order chi connectivity index (χ0) is 21.3. The molecule has 0 aliphatic heterocycles. The van der Waals surface area contributed by atoms with E-state index in [1.54, 1.807) is 18.2 Å². The summed E-state index contributed by atoms with van der Waals surface area (Å²) in [5, 5.41) is 0. The number of nitrogen functional groups attached to an aromatic ring is 1. The van der Waals surface area contributed by atoms with Gasteiger partial charge in [0.25, 0.3) is 0 Å². The van der Waals surface area contributed by atoms with Crippen molar-refractivity contribution in [3.8, 4) is 11.1 Å². The Labute approximate surface area is 173 Å². The van der Waals surface area contributed by atoms with Crippen LogP contribution in [0.2, 0.25) is 0 Å². The minimum absolute atomic E-state index is 0.171. The highest BCUT2D eigenvalue weighted by molar-refractivity contribution is 7.89. The van der Waals surface area contributed by atoms with Crippen LogP contribution in [0.15, 0.2) is 70.5 Å². The maximum atomic E-state index is 13.7. The first-order valence-electron chi connectivity index (χ1n) is 9.55. The van der Waals surface area contributed by atoms with Crippen molar-refractivity contribution < 1.29 is 12.8 Å². The molecule has 1 aliphatic rings. The Morgan fingerprint density at radius 1 is 1.07 bits per heavy atom. The van der Waals surface area contributed by atoms with Gasteiger partial charge in [-0.05, 0) is 42.5 Å². The van der Waals surface area contributed by atoms with Crippen LogP contribution in [-0.2, 0) is 10.0 Å². The van der Waals surface area contributed by atoms with Gasteiger partial charge in [-0.3, -0.25) is 4.57 Å². The second kappa shape index (κ2) is 8.00. The van der Waals surface area contributed by atoms with Crippen molar-refractivity contribution in [1.82, 2.24) is 14.3 Å². The van der Waals surface area contributed by atoms with E-state index in [1.807, 2.05) is 36.4 Å². The lowest BCUT2D eigenvalue weighted by atomic mass is 10.1. The minimum Gasteiger partial charge on any atom is -0.381 e. The number of nitrogens with zero attached hydrogens (tertiary/aromatic N) is 2. The maximum absolute atomic E-state index is 13.7. The van der Waals surface area contributed by atoms with Gasteiger partial charge in [0.1, 0.15) is 0 Å². The molecule has 0 amide bonds. The second-order valence-corrected chi connectivity index (χ2v) is 9.06. The van der Waals surface area contributed by atoms with Crippen molar-refractivity contribution in [3.63, 3.8) is 0 Å². The summed E-state index contributed by atoms with van der Waals surface area (Å²) in [6.07, 6.45) is 2.46. The van der Waals surface area contributed by atoms with Crippen LogP contribution in [0.5, 0.6) is 0 Å². The monoisotopic (exact) mass is 428 g/mol. The van der Waals surface area contributed by atoms with Gasteiger partial charge in [-0.2, -0.15) is 4.98 Å². The number of sulfonamides is 1. The van der Waals surface area contributed by atoms with Crippen molar-refractivity contribution in [2.45, 2.75) is 36.2 Å². The topological polar surface area (TPSA) is 107 Å². The summed E-state index contributed by atoms with van der Waals surface area (Å²) in [5.41, 5.74) is 6.41. The number of aromatic nitrogens is 2. The largest absolute Gasteiger partial charge is 0.381 e. The Morgan fingerprint density at radius 3 is 2.57 bits per heavy atom. The van der Waals surface area contributed by atoms with E-state index in [0.29, 0.717) is 19.3 Å². The van der Waals surface area contributed by atoms with Crippen LogP contribution >= 0.6 is 0 Å². The van der Waals surface area contributed by atoms with Gasteiger partial charge < -0.3 is 5.73 Å². The number of halogens is 1. The molecule has 1 fully saturated rings. The number of anilines is 1. The number of hydrogen-bond acceptors (Lipinski definition) is 5. The van der Waals surface area contributed by atoms with E-state index in [4.69, 9.17) is 5.73 Å². The van der Waals surface area contributed by atoms with Crippen molar-refractivity contribution in [2.75, 3.05) is 5.73 Å². The van der Waals surface area contributed by atoms with E-state index in [-0.39, 0.29) is 17.0 Å². The van der Waals surface area contributed by atoms with Crippen LogP contribution in [0.25, 0.3) is 11.1 Å². The summed E-state index contributed by atoms with van der Waals surface area (Å²) < 4.78 is 43.4. The quantitative estimate of drug-likeness (QED) is 0.650. The zero-order valence-electron chi connectivity index (χ0n) is 16.0. The van der Waals surface area contributed by atoms with Gasteiger partial charge in [-0.15, -0.1) is 0 Å². The van der Waals surface area contributed by atoms with Gasteiger partial charge in [0.05, 0.1) is 4.90 Å². The molecular formula is C21H21FN4O3S. The molecule has 0 saturated heterocycles. The Balaban J connectivity index is 1.51. The molecular weight excluding hydrogens is 407 g/mol. The van der Waals surface area contributed by atoms with Gasteiger partial charge in [-0.1, -0.05) is 42.5 Å². The summed E-state index contributed by atoms with van der Waals surface area (Å²) in [6.45, 7) is 0. The Kier molecular flexibility index (Phi) is 5.40. The van der Waals surface area contributed by atoms with Crippen LogP contribution in [0.1, 0.15) is 25.3 Å². The van der Waals surface area contributed by atoms with Crippen molar-refractivity contribution in [2.24, 2.45) is 0 Å². The molecule has 156 valence electrons. The molecule has 0 unspecified atom stereocenters. The highest BCUT2D eigenvalue weighted by Gasteiger charge is 2.30. The Bertz CT molecular complexity index is 1230. The van der Waals surface area contributed by atoms with E-state index < -0.39 is 27.3 Å². The van der Waals surface area contributed by atoms with Crippen molar-refractivity contribution in [1.29, 1.82) is 0 Å². The molecule has 1 saturated carbocycles. The molecule has 0 spiro atoms. The first-order chi connectivity index (χ1) is 14.3. The highest BCUT2D eigenvalue weighted by atomic mass is 32.2. The first-order valence-corrected chi connectivity index (χ1v) is 11.0. The lowest BCUT2D eigenvalue weighted by Gasteiger charge is -2.16. The third kappa shape index (κ3) is 4.12. The predicted molar refractivity (Wildman–Crippen MR) is 112 cm³/mol. The fourth-order valence-electron chi connectivity index (χ4n) is 3.80. The standard InChI is InChI=1S/C21H21FN4O3S/c22-19-13-26(21(27)24-20(19)23)17-10-9-16(12-17)25-30(28,29)18-8-4-7-15(11-18)14-5-2-1-3-6-14/h1-8,11,13,16-17,25H,9-10,12H2,(H2,23,24,27)/t16-,17-/m0/s1. The average molecular weight is 428 g/mol. The fourth-order valence-corrected chi connectivity index (χ4v) is 5.13. The molecule has 30 heavy (non-hydrogen) atoms. The average Bonchev–Trinajstić information content (AvgIpc) is 3.19. The number of nitrogens with two attached hydrogens (primary N) is 1. The van der Waals surface area contributed by atoms with Gasteiger partial charge in [0.15, 0.2) is 11.6 Å². The number of rotatable bonds is 5. The summed E-state index contributed by atoms with van der Waals surface area (Å²) in [6, 6.07) is 15.5. The summed E-state index contributed by atoms with van der Waals surface area (Å²) >= 11 is 0. The fraction of sp³-hybridized carbons (Fsp3) is 0.238. The van der Waals surface area contributed by atoms with E-state index >= 15 is 0 Å². The SMILES string of the molecule is Nc1nc(=O)n([C@H]2CC[C@H](NS(=O)(=O)c3cccc(-c4ccccc4)c3)C2)cc1F. The summed E-state index contributed by atoms with van der Waals surface area (Å²) in [7, 11) is -3.75. The third-order valence-electron chi connectivity index (χ3n) is 5.31. The van der Waals surface area contributed by atoms with Gasteiger partial charge in [0.2, 0.25) is 10.0 Å². The van der Waals surface area contributed by atoms with Crippen molar-refractivity contribution in [3.05, 3.63) is 77.1 Å². The van der Waals surface area contributed by atoms with Gasteiger partial charge in [-0.25, -0.2) is 22.3 Å². The van der Waals surface area contributed by atoms with Gasteiger partial charge >= 0.3 is 5.69 Å². The van der Waals surface area contributed by atoms with Crippen LogP contribution in [0, 0.1) is 5.82 Å². The molecule has 0 radical (unpaired) electrons. The van der Waals surface area contributed by atoms with E-state index in [9.17, 15) is 17.6 Å². The number of benzene rings is 2. The van der Waals surface area contributed by atoms with Crippen LogP contribution in [0.3, 0.4) is 0 Å². The third-order valence-corrected chi connectivity index (χ3v) is 6.82. The van der Waals surface area contributed by atoms with E-state index in [2.05, 4.69) is 9.71 Å². The lowest BCUT2D eigenvalue weighted by Crippen LogP contribution is -2.34. The lowest BCUT2D eigenvalue weighted by molar-refractivity contribution is 0.461. The highest BCUT2D eigenvalue weighted by Crippen LogP contribution is 2.30. The minimum atomic E-state index is -3.75. The van der Waals surface area contributed by atoms with Crippen LogP contribution in [0.4, 0.5) is 10.2 Å². The molecule has 7 nitrogen and oxygen atoms in total. The second-order valence-electron chi connectivity index (χ2n) is 7.34. The molecule has 3 aromatic rings. The number of hydrogen-bond donors (Lipinski definition) is 2. The maximum Gasteiger partial charge on any atom is 0.349 e. The predicted octanol–water partition coefficient (Wildman–Crippen LogP) is 2.70. The summed E-state index contributed by atoms with van der Waals surface area (Å²) in [5.74, 6) is -1.21. The molecule has 3 N–H and O–H groups in total. The normalized spacial score (nSPS) is 19.1.